The van der Waals surface area contributed by atoms with Gasteiger partial charge in [0.2, 0.25) is 0 Å². The quantitative estimate of drug-likeness (QED) is 0.624. The van der Waals surface area contributed by atoms with Gasteiger partial charge < -0.3 is 4.57 Å². The Balaban J connectivity index is 2.31. The molecule has 0 atom stereocenters. The number of pyridine rings is 2. The van der Waals surface area contributed by atoms with Crippen LogP contribution in [0, 0.1) is 6.92 Å². The van der Waals surface area contributed by atoms with Crippen molar-refractivity contribution in [1.29, 1.82) is 0 Å². The average Bonchev–Trinajstić information content (AvgIpc) is 2.67. The first-order valence-electron chi connectivity index (χ1n) is 5.70. The SMILES string of the molecule is Cc1cccnc1-c1cc2cc(Cl)ncc2n1C. The van der Waals surface area contributed by atoms with Gasteiger partial charge in [0, 0.05) is 18.6 Å². The minimum absolute atomic E-state index is 0.511. The predicted octanol–water partition coefficient (Wildman–Crippen LogP) is 3.60. The summed E-state index contributed by atoms with van der Waals surface area (Å²) >= 11 is 5.92. The molecule has 0 aliphatic heterocycles. The topological polar surface area (TPSA) is 30.7 Å². The van der Waals surface area contributed by atoms with Crippen molar-refractivity contribution >= 4 is 22.5 Å². The Kier molecular flexibility index (Phi) is 2.56. The zero-order chi connectivity index (χ0) is 12.7. The molecule has 0 saturated heterocycles. The molecule has 3 aromatic heterocycles. The van der Waals surface area contributed by atoms with Gasteiger partial charge in [0.1, 0.15) is 5.15 Å². The fourth-order valence-electron chi connectivity index (χ4n) is 2.19. The van der Waals surface area contributed by atoms with Gasteiger partial charge in [-0.25, -0.2) is 4.98 Å². The molecule has 0 aliphatic rings. The van der Waals surface area contributed by atoms with Crippen LogP contribution in [-0.4, -0.2) is 14.5 Å². The summed E-state index contributed by atoms with van der Waals surface area (Å²) in [5.74, 6) is 0. The van der Waals surface area contributed by atoms with Crippen molar-refractivity contribution in [3.63, 3.8) is 0 Å². The minimum atomic E-state index is 0.511. The van der Waals surface area contributed by atoms with Crippen LogP contribution in [-0.2, 0) is 7.05 Å². The largest absolute Gasteiger partial charge is 0.341 e. The lowest BCUT2D eigenvalue weighted by Crippen LogP contribution is -1.95. The molecular formula is C14H12ClN3. The van der Waals surface area contributed by atoms with Gasteiger partial charge in [-0.05, 0) is 30.7 Å². The summed E-state index contributed by atoms with van der Waals surface area (Å²) in [6, 6.07) is 7.97. The summed E-state index contributed by atoms with van der Waals surface area (Å²) in [5.41, 5.74) is 4.28. The van der Waals surface area contributed by atoms with Crippen LogP contribution in [0.3, 0.4) is 0 Å². The molecule has 90 valence electrons. The van der Waals surface area contributed by atoms with Crippen molar-refractivity contribution in [2.75, 3.05) is 0 Å². The Morgan fingerprint density at radius 2 is 2.06 bits per heavy atom. The Bertz CT molecular complexity index is 731. The highest BCUT2D eigenvalue weighted by Crippen LogP contribution is 2.28. The maximum atomic E-state index is 5.92. The monoisotopic (exact) mass is 257 g/mol. The van der Waals surface area contributed by atoms with Crippen molar-refractivity contribution in [3.8, 4) is 11.4 Å². The molecule has 18 heavy (non-hydrogen) atoms. The van der Waals surface area contributed by atoms with Gasteiger partial charge in [-0.1, -0.05) is 17.7 Å². The van der Waals surface area contributed by atoms with E-state index in [1.54, 1.807) is 6.20 Å². The Morgan fingerprint density at radius 3 is 2.83 bits per heavy atom. The normalized spacial score (nSPS) is 11.1. The number of aryl methyl sites for hydroxylation is 2. The van der Waals surface area contributed by atoms with Crippen molar-refractivity contribution in [3.05, 3.63) is 47.4 Å². The van der Waals surface area contributed by atoms with Gasteiger partial charge in [0.15, 0.2) is 0 Å². The highest BCUT2D eigenvalue weighted by Gasteiger charge is 2.11. The number of nitrogens with zero attached hydrogens (tertiary/aromatic N) is 3. The molecule has 0 bridgehead atoms. The fraction of sp³-hybridized carbons (Fsp3) is 0.143. The van der Waals surface area contributed by atoms with E-state index >= 15 is 0 Å². The Labute approximate surface area is 110 Å². The minimum Gasteiger partial charge on any atom is -0.341 e. The zero-order valence-electron chi connectivity index (χ0n) is 10.2. The molecule has 0 N–H and O–H groups in total. The van der Waals surface area contributed by atoms with Gasteiger partial charge >= 0.3 is 0 Å². The van der Waals surface area contributed by atoms with Gasteiger partial charge in [-0.15, -0.1) is 0 Å². The van der Waals surface area contributed by atoms with Crippen LogP contribution in [0.5, 0.6) is 0 Å². The maximum absolute atomic E-state index is 5.92. The molecule has 3 heterocycles. The lowest BCUT2D eigenvalue weighted by molar-refractivity contribution is 0.964. The molecule has 3 aromatic rings. The molecule has 0 spiro atoms. The van der Waals surface area contributed by atoms with Crippen LogP contribution >= 0.6 is 11.6 Å². The predicted molar refractivity (Wildman–Crippen MR) is 73.7 cm³/mol. The number of rotatable bonds is 1. The summed E-state index contributed by atoms with van der Waals surface area (Å²) in [6.45, 7) is 2.06. The van der Waals surface area contributed by atoms with Gasteiger partial charge in [-0.2, -0.15) is 0 Å². The molecule has 0 amide bonds. The van der Waals surface area contributed by atoms with Crippen LogP contribution in [0.25, 0.3) is 22.3 Å². The molecule has 3 nitrogen and oxygen atoms in total. The molecule has 0 unspecified atom stereocenters. The second kappa shape index (κ2) is 4.10. The summed E-state index contributed by atoms with van der Waals surface area (Å²) in [6.07, 6.45) is 3.60. The summed E-state index contributed by atoms with van der Waals surface area (Å²) in [4.78, 5) is 8.57. The lowest BCUT2D eigenvalue weighted by atomic mass is 10.1. The average molecular weight is 258 g/mol. The Morgan fingerprint density at radius 1 is 1.22 bits per heavy atom. The zero-order valence-corrected chi connectivity index (χ0v) is 10.9. The smallest absolute Gasteiger partial charge is 0.129 e. The van der Waals surface area contributed by atoms with Crippen molar-refractivity contribution in [2.45, 2.75) is 6.92 Å². The van der Waals surface area contributed by atoms with Gasteiger partial charge in [0.05, 0.1) is 23.1 Å². The fourth-order valence-corrected chi connectivity index (χ4v) is 2.35. The second-order valence-electron chi connectivity index (χ2n) is 4.32. The number of fused-ring (bicyclic) bond motifs is 1. The highest BCUT2D eigenvalue weighted by atomic mass is 35.5. The van der Waals surface area contributed by atoms with Crippen LogP contribution in [0.4, 0.5) is 0 Å². The van der Waals surface area contributed by atoms with Crippen LogP contribution in [0.1, 0.15) is 5.56 Å². The van der Waals surface area contributed by atoms with E-state index < -0.39 is 0 Å². The molecule has 0 aromatic carbocycles. The molecule has 0 saturated carbocycles. The van der Waals surface area contributed by atoms with Crippen molar-refractivity contribution < 1.29 is 0 Å². The summed E-state index contributed by atoms with van der Waals surface area (Å²) < 4.78 is 2.09. The Hall–Kier alpha value is -1.87. The van der Waals surface area contributed by atoms with Crippen molar-refractivity contribution in [1.82, 2.24) is 14.5 Å². The number of hydrogen-bond donors (Lipinski definition) is 0. The summed E-state index contributed by atoms with van der Waals surface area (Å²) in [5, 5.41) is 1.59. The van der Waals surface area contributed by atoms with E-state index in [0.717, 1.165) is 27.9 Å². The molecule has 0 radical (unpaired) electrons. The standard InChI is InChI=1S/C14H12ClN3/c1-9-4-3-5-16-14(9)11-6-10-7-13(15)17-8-12(10)18(11)2/h3-8H,1-2H3. The maximum Gasteiger partial charge on any atom is 0.129 e. The van der Waals surface area contributed by atoms with E-state index in [4.69, 9.17) is 11.6 Å². The number of hydrogen-bond acceptors (Lipinski definition) is 2. The molecule has 0 aliphatic carbocycles. The lowest BCUT2D eigenvalue weighted by Gasteiger charge is -2.05. The van der Waals surface area contributed by atoms with E-state index in [1.165, 1.54) is 0 Å². The van der Waals surface area contributed by atoms with E-state index in [1.807, 2.05) is 25.4 Å². The first kappa shape index (κ1) is 11.2. The number of halogens is 1. The third kappa shape index (κ3) is 1.68. The van der Waals surface area contributed by atoms with Crippen LogP contribution < -0.4 is 0 Å². The second-order valence-corrected chi connectivity index (χ2v) is 4.71. The third-order valence-electron chi connectivity index (χ3n) is 3.15. The first-order chi connectivity index (χ1) is 8.66. The first-order valence-corrected chi connectivity index (χ1v) is 6.07. The van der Waals surface area contributed by atoms with E-state index in [0.29, 0.717) is 5.15 Å². The van der Waals surface area contributed by atoms with Crippen LogP contribution in [0.2, 0.25) is 5.15 Å². The molecule has 0 fully saturated rings. The molecule has 4 heteroatoms. The highest BCUT2D eigenvalue weighted by molar-refractivity contribution is 6.30. The van der Waals surface area contributed by atoms with Crippen molar-refractivity contribution in [2.24, 2.45) is 7.05 Å². The number of aromatic nitrogens is 3. The van der Waals surface area contributed by atoms with E-state index in [-0.39, 0.29) is 0 Å². The molecule has 3 rings (SSSR count). The molecular weight excluding hydrogens is 246 g/mol. The van der Waals surface area contributed by atoms with Gasteiger partial charge in [-0.3, -0.25) is 4.98 Å². The van der Waals surface area contributed by atoms with Gasteiger partial charge in [0.25, 0.3) is 0 Å². The van der Waals surface area contributed by atoms with Crippen LogP contribution in [0.15, 0.2) is 36.7 Å². The third-order valence-corrected chi connectivity index (χ3v) is 3.35. The van der Waals surface area contributed by atoms with E-state index in [2.05, 4.69) is 33.6 Å². The van der Waals surface area contributed by atoms with E-state index in [9.17, 15) is 0 Å². The summed E-state index contributed by atoms with van der Waals surface area (Å²) in [7, 11) is 2.02.